The first kappa shape index (κ1) is 37.7. The van der Waals surface area contributed by atoms with Crippen LogP contribution in [-0.2, 0) is 47.7 Å². The lowest BCUT2D eigenvalue weighted by molar-refractivity contribution is -0.178. The number of Topliss-reactive ketones (excluding diaryl/α,β-unsaturated/α-hetero) is 2. The van der Waals surface area contributed by atoms with Crippen molar-refractivity contribution in [2.45, 2.75) is 77.8 Å². The molecular weight excluding hydrogens is 712 g/mol. The number of benzene rings is 2. The Labute approximate surface area is 307 Å². The molecule has 2 fully saturated rings. The molecule has 54 heavy (non-hydrogen) atoms. The number of rotatable bonds is 7. The van der Waals surface area contributed by atoms with E-state index in [-0.39, 0.29) is 46.6 Å². The normalized spacial score (nSPS) is 26.9. The van der Waals surface area contributed by atoms with Crippen LogP contribution in [0.2, 0.25) is 0 Å². The number of aliphatic hydroxyl groups is 2. The number of ether oxygens (including phenoxy) is 6. The molecule has 16 nitrogen and oxygen atoms in total. The van der Waals surface area contributed by atoms with Crippen LogP contribution in [0, 0.1) is 11.8 Å². The van der Waals surface area contributed by atoms with Gasteiger partial charge in [-0.25, -0.2) is 0 Å². The first-order chi connectivity index (χ1) is 25.3. The zero-order valence-corrected chi connectivity index (χ0v) is 30.1. The molecule has 4 N–H and O–H groups in total. The zero-order chi connectivity index (χ0) is 39.6. The molecule has 2 aromatic rings. The van der Waals surface area contributed by atoms with Crippen molar-refractivity contribution in [1.82, 2.24) is 0 Å². The number of fused-ring (bicyclic) bond motifs is 4. The van der Waals surface area contributed by atoms with E-state index in [1.54, 1.807) is 13.8 Å². The van der Waals surface area contributed by atoms with Crippen molar-refractivity contribution >= 4 is 47.0 Å². The summed E-state index contributed by atoms with van der Waals surface area (Å²) in [6, 6.07) is 4.98. The van der Waals surface area contributed by atoms with Crippen molar-refractivity contribution in [2.24, 2.45) is 11.8 Å². The van der Waals surface area contributed by atoms with Crippen molar-refractivity contribution in [3.05, 3.63) is 46.5 Å². The van der Waals surface area contributed by atoms with Crippen LogP contribution in [0.25, 0.3) is 22.6 Å². The number of phenols is 2. The molecule has 16 heteroatoms. The van der Waals surface area contributed by atoms with E-state index in [1.807, 2.05) is 0 Å². The summed E-state index contributed by atoms with van der Waals surface area (Å²) < 4.78 is 35.3. The number of aliphatic hydroxyl groups excluding tert-OH is 2. The third kappa shape index (κ3) is 5.85. The Morgan fingerprint density at radius 2 is 0.981 bits per heavy atom. The van der Waals surface area contributed by atoms with Crippen LogP contribution in [-0.4, -0.2) is 92.5 Å². The second-order valence-corrected chi connectivity index (χ2v) is 13.9. The number of carbonyl (C=O) groups excluding carboxylic acids is 6. The van der Waals surface area contributed by atoms with Gasteiger partial charge in [0.15, 0.2) is 23.8 Å². The van der Waals surface area contributed by atoms with Crippen LogP contribution >= 0.6 is 0 Å². The minimum atomic E-state index is -2.15. The molecule has 0 saturated heterocycles. The van der Waals surface area contributed by atoms with Crippen LogP contribution in [0.1, 0.15) is 65.5 Å². The van der Waals surface area contributed by atoms with E-state index in [0.717, 1.165) is 27.7 Å². The molecule has 6 rings (SSSR count). The van der Waals surface area contributed by atoms with E-state index < -0.39 is 118 Å². The molecule has 286 valence electrons. The van der Waals surface area contributed by atoms with Crippen LogP contribution in [0.4, 0.5) is 0 Å². The summed E-state index contributed by atoms with van der Waals surface area (Å²) in [7, 11) is 0. The average molecular weight is 751 g/mol. The van der Waals surface area contributed by atoms with Gasteiger partial charge in [0, 0.05) is 63.5 Å². The van der Waals surface area contributed by atoms with Crippen molar-refractivity contribution in [1.29, 1.82) is 0 Å². The number of aromatic hydroxyl groups is 2. The lowest BCUT2D eigenvalue weighted by Gasteiger charge is -2.49. The first-order valence-electron chi connectivity index (χ1n) is 17.0. The fraction of sp³-hybridized carbons (Fsp3) is 0.421. The predicted molar refractivity (Wildman–Crippen MR) is 183 cm³/mol. The fourth-order valence-electron chi connectivity index (χ4n) is 7.98. The molecule has 0 radical (unpaired) electrons. The largest absolute Gasteiger partial charge is 0.507 e. The van der Waals surface area contributed by atoms with Crippen molar-refractivity contribution in [3.63, 3.8) is 0 Å². The van der Waals surface area contributed by atoms with Crippen LogP contribution in [0.15, 0.2) is 35.4 Å². The molecule has 4 aliphatic rings. The van der Waals surface area contributed by atoms with Gasteiger partial charge < -0.3 is 48.8 Å². The Bertz CT molecular complexity index is 1950. The van der Waals surface area contributed by atoms with E-state index in [2.05, 4.69) is 0 Å². The van der Waals surface area contributed by atoms with E-state index in [1.165, 1.54) is 24.3 Å². The Hall–Kier alpha value is -6.06. The summed E-state index contributed by atoms with van der Waals surface area (Å²) in [4.78, 5) is 76.5. The van der Waals surface area contributed by atoms with E-state index in [0.29, 0.717) is 0 Å². The fourth-order valence-corrected chi connectivity index (χ4v) is 7.98. The van der Waals surface area contributed by atoms with Gasteiger partial charge in [-0.3, -0.25) is 28.8 Å². The third-order valence-electron chi connectivity index (χ3n) is 10.0. The molecule has 2 heterocycles. The smallest absolute Gasteiger partial charge is 0.303 e. The van der Waals surface area contributed by atoms with E-state index >= 15 is 0 Å². The molecule has 0 unspecified atom stereocenters. The number of carbonyl (C=O) groups is 6. The summed E-state index contributed by atoms with van der Waals surface area (Å²) in [5, 5.41) is 46.0. The Kier molecular flexibility index (Phi) is 9.36. The summed E-state index contributed by atoms with van der Waals surface area (Å²) >= 11 is 0. The van der Waals surface area contributed by atoms with Crippen LogP contribution < -0.4 is 9.47 Å². The summed E-state index contributed by atoms with van der Waals surface area (Å²) in [6.07, 6.45) is -3.07. The number of hydrogen-bond donors (Lipinski definition) is 4. The number of phenolic OH excluding ortho intramolecular Hbond substituents is 2. The molecule has 0 bridgehead atoms. The zero-order valence-electron chi connectivity index (χ0n) is 30.1. The second kappa shape index (κ2) is 13.4. The first-order valence-corrected chi connectivity index (χ1v) is 17.0. The van der Waals surface area contributed by atoms with E-state index in [4.69, 9.17) is 28.4 Å². The van der Waals surface area contributed by atoms with Gasteiger partial charge in [-0.1, -0.05) is 13.8 Å². The van der Waals surface area contributed by atoms with Gasteiger partial charge in [0.1, 0.15) is 58.9 Å². The van der Waals surface area contributed by atoms with Gasteiger partial charge in [-0.2, -0.15) is 0 Å². The van der Waals surface area contributed by atoms with Crippen molar-refractivity contribution < 1.29 is 77.6 Å². The van der Waals surface area contributed by atoms with Gasteiger partial charge in [-0.05, 0) is 24.3 Å². The molecule has 0 aromatic heterocycles. The van der Waals surface area contributed by atoms with Gasteiger partial charge in [0.2, 0.25) is 11.2 Å². The van der Waals surface area contributed by atoms with E-state index in [9.17, 15) is 49.2 Å². The van der Waals surface area contributed by atoms with Gasteiger partial charge in [0.25, 0.3) is 0 Å². The minimum absolute atomic E-state index is 0.0165. The maximum atomic E-state index is 13.7. The Morgan fingerprint density at radius 1 is 0.630 bits per heavy atom. The van der Waals surface area contributed by atoms with Crippen molar-refractivity contribution in [2.75, 3.05) is 13.2 Å². The maximum absolute atomic E-state index is 13.7. The molecule has 2 saturated carbocycles. The number of hydrogen-bond acceptors (Lipinski definition) is 16. The topological polar surface area (TPSA) is 239 Å². The number of ketones is 2. The van der Waals surface area contributed by atoms with Gasteiger partial charge in [-0.15, -0.1) is 0 Å². The predicted octanol–water partition coefficient (Wildman–Crippen LogP) is 3.77. The van der Waals surface area contributed by atoms with Crippen LogP contribution in [0.5, 0.6) is 23.0 Å². The monoisotopic (exact) mass is 750 g/mol. The summed E-state index contributed by atoms with van der Waals surface area (Å²) in [5.41, 5.74) is -5.92. The van der Waals surface area contributed by atoms with Gasteiger partial charge >= 0.3 is 23.9 Å². The van der Waals surface area contributed by atoms with Gasteiger partial charge in [0.05, 0.1) is 11.1 Å². The summed E-state index contributed by atoms with van der Waals surface area (Å²) in [6.45, 7) is 6.20. The standard InChI is InChI=1S/C38H38O16/c1-15-11-25(45)29-31(47)27-23(43)9-7-21(33(27)53-37(29,13-49-17(3)39)35(15)51-19(5)41)22-8-10-24(44)28-32(48)30-26(46)12-16(2)36(52-20(6)42)38(30,54-34(22)28)14-50-18(4)40/h7-10,15-16,35-36,43-44,47-48H,11-14H2,1-6H3/t15-,16-,35-,36-,37+,38+/m1/s1. The Morgan fingerprint density at radius 3 is 1.30 bits per heavy atom. The average Bonchev–Trinajstić information content (AvgIpc) is 3.06. The molecule has 2 aliphatic carbocycles. The molecule has 0 spiro atoms. The lowest BCUT2D eigenvalue weighted by Crippen LogP contribution is -2.63. The maximum Gasteiger partial charge on any atom is 0.303 e. The molecule has 6 atom stereocenters. The third-order valence-corrected chi connectivity index (χ3v) is 10.0. The minimum Gasteiger partial charge on any atom is -0.507 e. The SMILES string of the molecule is CC(=O)OC[C@]12Oc3c(-c4ccc(O)c5c4O[C@@]4(COC(C)=O)C(=C5O)C(=O)C[C@@H](C)[C@H]4OC(C)=O)ccc(O)c3C(O)=C1C(=O)C[C@@H](C)[C@H]2OC(C)=O. The second-order valence-electron chi connectivity index (χ2n) is 13.9. The lowest BCUT2D eigenvalue weighted by atomic mass is 9.69. The Balaban J connectivity index is 1.66. The van der Waals surface area contributed by atoms with Crippen molar-refractivity contribution in [3.8, 4) is 34.1 Å². The molecular formula is C38H38O16. The highest BCUT2D eigenvalue weighted by molar-refractivity contribution is 6.09. The quantitative estimate of drug-likeness (QED) is 0.233. The molecule has 2 aromatic carbocycles. The molecule has 2 aliphatic heterocycles. The summed E-state index contributed by atoms with van der Waals surface area (Å²) in [5.74, 6) is -9.16. The highest BCUT2D eigenvalue weighted by Crippen LogP contribution is 2.58. The highest BCUT2D eigenvalue weighted by atomic mass is 16.6. The number of esters is 4. The van der Waals surface area contributed by atoms with Crippen LogP contribution in [0.3, 0.4) is 0 Å². The molecule has 0 amide bonds. The highest BCUT2D eigenvalue weighted by Gasteiger charge is 2.62.